The van der Waals surface area contributed by atoms with Gasteiger partial charge < -0.3 is 15.1 Å². The summed E-state index contributed by atoms with van der Waals surface area (Å²) in [6, 6.07) is 10.3. The Balaban J connectivity index is 1.50. The zero-order chi connectivity index (χ0) is 24.4. The Bertz CT molecular complexity index is 1090. The quantitative estimate of drug-likeness (QED) is 0.656. The van der Waals surface area contributed by atoms with Crippen molar-refractivity contribution in [1.82, 2.24) is 14.7 Å². The van der Waals surface area contributed by atoms with Gasteiger partial charge in [0.2, 0.25) is 11.8 Å². The number of fused-ring (bicyclic) bond motifs is 2. The largest absolute Gasteiger partial charge is 0.328 e. The molecule has 0 saturated carbocycles. The molecule has 2 atom stereocenters. The smallest absolute Gasteiger partial charge is 0.247 e. The number of hydrogen-bond acceptors (Lipinski definition) is 4. The van der Waals surface area contributed by atoms with Crippen LogP contribution in [0.5, 0.6) is 0 Å². The molecule has 1 N–H and O–H groups in total. The molecule has 0 aromatic heterocycles. The summed E-state index contributed by atoms with van der Waals surface area (Å²) < 4.78 is 13.3. The van der Waals surface area contributed by atoms with Crippen molar-refractivity contribution in [2.24, 2.45) is 0 Å². The van der Waals surface area contributed by atoms with E-state index >= 15 is 0 Å². The van der Waals surface area contributed by atoms with Gasteiger partial charge in [-0.2, -0.15) is 0 Å². The standard InChI is InChI=1S/C26H30ClFN4O2/c1-17-10-20(25(11-24(17)27)29-18(2)33)6-9-26(34)32-22-13-30(3)14-23(32)16-31(15-22)12-19-4-7-21(28)8-5-19/h4-11,22-23H,12-16H2,1-3H3,(H,29,33)/b9-6+. The molecule has 2 aromatic rings. The first-order valence-electron chi connectivity index (χ1n) is 11.4. The molecule has 2 aliphatic heterocycles. The Morgan fingerprint density at radius 3 is 2.38 bits per heavy atom. The maximum atomic E-state index is 13.3. The number of hydrogen-bond donors (Lipinski definition) is 1. The predicted molar refractivity (Wildman–Crippen MR) is 133 cm³/mol. The second-order valence-electron chi connectivity index (χ2n) is 9.30. The molecule has 2 aromatic carbocycles. The molecule has 6 nitrogen and oxygen atoms in total. The summed E-state index contributed by atoms with van der Waals surface area (Å²) in [6.07, 6.45) is 3.34. The lowest BCUT2D eigenvalue weighted by Gasteiger charge is -2.52. The molecule has 4 rings (SSSR count). The Morgan fingerprint density at radius 1 is 1.12 bits per heavy atom. The van der Waals surface area contributed by atoms with Crippen LogP contribution >= 0.6 is 11.6 Å². The number of anilines is 1. The second kappa shape index (κ2) is 10.3. The Kier molecular flexibility index (Phi) is 7.36. The average Bonchev–Trinajstić information content (AvgIpc) is 2.75. The van der Waals surface area contributed by atoms with E-state index in [4.69, 9.17) is 11.6 Å². The molecule has 2 amide bonds. The highest BCUT2D eigenvalue weighted by molar-refractivity contribution is 6.31. The van der Waals surface area contributed by atoms with E-state index in [-0.39, 0.29) is 29.7 Å². The summed E-state index contributed by atoms with van der Waals surface area (Å²) in [4.78, 5) is 31.6. The van der Waals surface area contributed by atoms with Crippen molar-refractivity contribution >= 4 is 35.2 Å². The number of amides is 2. The lowest BCUT2D eigenvalue weighted by atomic mass is 9.99. The number of nitrogens with zero attached hydrogens (tertiary/aromatic N) is 3. The zero-order valence-corrected chi connectivity index (χ0v) is 20.5. The minimum Gasteiger partial charge on any atom is -0.328 e. The number of piperazine rings is 2. The number of rotatable bonds is 5. The molecule has 2 bridgehead atoms. The third-order valence-electron chi connectivity index (χ3n) is 6.39. The highest BCUT2D eigenvalue weighted by atomic mass is 35.5. The van der Waals surface area contributed by atoms with Crippen LogP contribution in [0.2, 0.25) is 5.02 Å². The van der Waals surface area contributed by atoms with Gasteiger partial charge in [0.05, 0.1) is 12.1 Å². The van der Waals surface area contributed by atoms with Crippen molar-refractivity contribution in [2.45, 2.75) is 32.5 Å². The highest BCUT2D eigenvalue weighted by Gasteiger charge is 2.41. The molecular weight excluding hydrogens is 455 g/mol. The number of likely N-dealkylation sites (N-methyl/N-ethyl adjacent to an activating group) is 1. The summed E-state index contributed by atoms with van der Waals surface area (Å²) in [6.45, 7) is 7.18. The Morgan fingerprint density at radius 2 is 1.76 bits per heavy atom. The summed E-state index contributed by atoms with van der Waals surface area (Å²) in [5.74, 6) is -0.469. The van der Waals surface area contributed by atoms with Crippen molar-refractivity contribution in [3.05, 3.63) is 70.0 Å². The molecule has 2 fully saturated rings. The number of carbonyl (C=O) groups is 2. The van der Waals surface area contributed by atoms with Crippen molar-refractivity contribution < 1.29 is 14.0 Å². The Hall–Kier alpha value is -2.74. The third kappa shape index (κ3) is 5.66. The molecule has 2 unspecified atom stereocenters. The van der Waals surface area contributed by atoms with E-state index in [0.29, 0.717) is 10.7 Å². The van der Waals surface area contributed by atoms with Crippen LogP contribution in [0.1, 0.15) is 23.6 Å². The number of halogens is 2. The molecule has 8 heteroatoms. The summed E-state index contributed by atoms with van der Waals surface area (Å²) in [7, 11) is 2.09. The first-order chi connectivity index (χ1) is 16.2. The van der Waals surface area contributed by atoms with E-state index in [0.717, 1.165) is 49.4 Å². The second-order valence-corrected chi connectivity index (χ2v) is 9.71. The van der Waals surface area contributed by atoms with Crippen molar-refractivity contribution in [3.63, 3.8) is 0 Å². The third-order valence-corrected chi connectivity index (χ3v) is 6.80. The van der Waals surface area contributed by atoms with E-state index < -0.39 is 0 Å². The van der Waals surface area contributed by atoms with Gasteiger partial charge in [0.15, 0.2) is 0 Å². The molecule has 180 valence electrons. The van der Waals surface area contributed by atoms with Gasteiger partial charge >= 0.3 is 0 Å². The predicted octanol–water partition coefficient (Wildman–Crippen LogP) is 3.79. The van der Waals surface area contributed by atoms with Crippen molar-refractivity contribution in [1.29, 1.82) is 0 Å². The Labute approximate surface area is 205 Å². The van der Waals surface area contributed by atoms with Gasteiger partial charge in [0.1, 0.15) is 5.82 Å². The number of carbonyl (C=O) groups excluding carboxylic acids is 2. The average molecular weight is 485 g/mol. The van der Waals surface area contributed by atoms with E-state index in [1.807, 2.05) is 30.0 Å². The fourth-order valence-corrected chi connectivity index (χ4v) is 5.12. The minimum atomic E-state index is -0.234. The van der Waals surface area contributed by atoms with E-state index in [1.54, 1.807) is 18.2 Å². The zero-order valence-electron chi connectivity index (χ0n) is 19.7. The molecule has 0 radical (unpaired) electrons. The molecule has 34 heavy (non-hydrogen) atoms. The van der Waals surface area contributed by atoms with Gasteiger partial charge in [0, 0.05) is 56.4 Å². The van der Waals surface area contributed by atoms with Crippen LogP contribution in [0.3, 0.4) is 0 Å². The summed E-state index contributed by atoms with van der Waals surface area (Å²) in [5, 5.41) is 3.34. The fourth-order valence-electron chi connectivity index (χ4n) is 4.95. The van der Waals surface area contributed by atoms with E-state index in [9.17, 15) is 14.0 Å². The van der Waals surface area contributed by atoms with Crippen molar-refractivity contribution in [2.75, 3.05) is 38.5 Å². The normalized spacial score (nSPS) is 21.1. The lowest BCUT2D eigenvalue weighted by Crippen LogP contribution is -2.68. The first-order valence-corrected chi connectivity index (χ1v) is 11.8. The van der Waals surface area contributed by atoms with Crippen LogP contribution in [0, 0.1) is 12.7 Å². The topological polar surface area (TPSA) is 55.9 Å². The van der Waals surface area contributed by atoms with Crippen LogP contribution in [-0.4, -0.2) is 71.8 Å². The van der Waals surface area contributed by atoms with Gasteiger partial charge in [-0.05, 0) is 61.0 Å². The number of aryl methyl sites for hydroxylation is 1. The molecule has 2 saturated heterocycles. The maximum Gasteiger partial charge on any atom is 0.247 e. The van der Waals surface area contributed by atoms with Crippen LogP contribution < -0.4 is 5.32 Å². The molecule has 0 spiro atoms. The molecular formula is C26H30ClFN4O2. The van der Waals surface area contributed by atoms with E-state index in [1.165, 1.54) is 19.1 Å². The van der Waals surface area contributed by atoms with Crippen LogP contribution in [0.25, 0.3) is 6.08 Å². The molecule has 2 aliphatic rings. The van der Waals surface area contributed by atoms with Gasteiger partial charge in [-0.15, -0.1) is 0 Å². The minimum absolute atomic E-state index is 0.0362. The van der Waals surface area contributed by atoms with Gasteiger partial charge in [-0.1, -0.05) is 23.7 Å². The number of nitrogens with one attached hydrogen (secondary N) is 1. The lowest BCUT2D eigenvalue weighted by molar-refractivity contribution is -0.140. The SMILES string of the molecule is CC(=O)Nc1cc(Cl)c(C)cc1/C=C/C(=O)N1C2CN(C)CC1CN(Cc1ccc(F)cc1)C2. The van der Waals surface area contributed by atoms with E-state index in [2.05, 4.69) is 22.2 Å². The molecule has 2 heterocycles. The van der Waals surface area contributed by atoms with Crippen LogP contribution in [0.4, 0.5) is 10.1 Å². The highest BCUT2D eigenvalue weighted by Crippen LogP contribution is 2.28. The summed E-state index contributed by atoms with van der Waals surface area (Å²) in [5.41, 5.74) is 3.26. The molecule has 0 aliphatic carbocycles. The first kappa shape index (κ1) is 24.4. The summed E-state index contributed by atoms with van der Waals surface area (Å²) >= 11 is 6.23. The van der Waals surface area contributed by atoms with Gasteiger partial charge in [-0.25, -0.2) is 4.39 Å². The van der Waals surface area contributed by atoms with Crippen LogP contribution in [-0.2, 0) is 16.1 Å². The monoisotopic (exact) mass is 484 g/mol. The van der Waals surface area contributed by atoms with Crippen LogP contribution in [0.15, 0.2) is 42.5 Å². The maximum absolute atomic E-state index is 13.3. The van der Waals surface area contributed by atoms with Crippen molar-refractivity contribution in [3.8, 4) is 0 Å². The number of benzene rings is 2. The fraction of sp³-hybridized carbons (Fsp3) is 0.385. The van der Waals surface area contributed by atoms with Gasteiger partial charge in [0.25, 0.3) is 0 Å². The van der Waals surface area contributed by atoms with Gasteiger partial charge in [-0.3, -0.25) is 14.5 Å².